The first kappa shape index (κ1) is 12.1. The zero-order valence-electron chi connectivity index (χ0n) is 11.9. The van der Waals surface area contributed by atoms with E-state index in [4.69, 9.17) is 4.98 Å². The van der Waals surface area contributed by atoms with Crippen molar-refractivity contribution in [2.75, 3.05) is 0 Å². The van der Waals surface area contributed by atoms with E-state index in [0.29, 0.717) is 0 Å². The molecule has 0 fully saturated rings. The lowest BCUT2D eigenvalue weighted by Gasteiger charge is -1.98. The molecule has 7 heteroatoms. The molecule has 5 aromatic heterocycles. The maximum atomic E-state index is 4.73. The zero-order valence-corrected chi connectivity index (χ0v) is 11.9. The highest BCUT2D eigenvalue weighted by Gasteiger charge is 2.13. The van der Waals surface area contributed by atoms with Crippen molar-refractivity contribution >= 4 is 21.9 Å². The molecule has 0 radical (unpaired) electrons. The lowest BCUT2D eigenvalue weighted by atomic mass is 10.2. The van der Waals surface area contributed by atoms with Crippen molar-refractivity contribution in [3.8, 4) is 22.6 Å². The van der Waals surface area contributed by atoms with Crippen LogP contribution in [0.2, 0.25) is 0 Å². The summed E-state index contributed by atoms with van der Waals surface area (Å²) in [6.45, 7) is 0. The van der Waals surface area contributed by atoms with Crippen LogP contribution in [0.15, 0.2) is 49.1 Å². The Hall–Kier alpha value is -3.48. The second-order valence-electron chi connectivity index (χ2n) is 5.30. The van der Waals surface area contributed by atoms with Gasteiger partial charge >= 0.3 is 0 Å². The van der Waals surface area contributed by atoms with Crippen LogP contribution < -0.4 is 0 Å². The van der Waals surface area contributed by atoms with Gasteiger partial charge in [-0.05, 0) is 24.3 Å². The van der Waals surface area contributed by atoms with Crippen molar-refractivity contribution in [1.82, 2.24) is 35.3 Å². The molecule has 0 amide bonds. The molecule has 0 atom stereocenters. The van der Waals surface area contributed by atoms with E-state index in [-0.39, 0.29) is 0 Å². The number of aromatic amines is 3. The highest BCUT2D eigenvalue weighted by Crippen LogP contribution is 2.28. The molecule has 0 saturated heterocycles. The fourth-order valence-electron chi connectivity index (χ4n) is 2.74. The molecular weight excluding hydrogens is 290 g/mol. The summed E-state index contributed by atoms with van der Waals surface area (Å²) in [5.74, 6) is 0. The van der Waals surface area contributed by atoms with Gasteiger partial charge in [0, 0.05) is 35.1 Å². The van der Waals surface area contributed by atoms with Crippen LogP contribution >= 0.6 is 0 Å². The number of pyridine rings is 2. The Morgan fingerprint density at radius 3 is 2.87 bits per heavy atom. The van der Waals surface area contributed by atoms with Gasteiger partial charge in [-0.2, -0.15) is 10.2 Å². The number of rotatable bonds is 2. The SMILES string of the molecule is c1cc2[nH]c(-c3n[nH]c4ccc(-c5cn[nH]c5)nc34)cc2cn1. The van der Waals surface area contributed by atoms with Crippen LogP contribution in [0.25, 0.3) is 44.6 Å². The molecule has 0 saturated carbocycles. The Bertz CT molecular complexity index is 1080. The molecule has 5 aromatic rings. The van der Waals surface area contributed by atoms with Crippen molar-refractivity contribution < 1.29 is 0 Å². The van der Waals surface area contributed by atoms with E-state index in [2.05, 4.69) is 30.4 Å². The van der Waals surface area contributed by atoms with Crippen molar-refractivity contribution in [2.45, 2.75) is 0 Å². The second kappa shape index (κ2) is 4.51. The summed E-state index contributed by atoms with van der Waals surface area (Å²) in [5.41, 5.74) is 6.24. The molecule has 7 nitrogen and oxygen atoms in total. The van der Waals surface area contributed by atoms with E-state index < -0.39 is 0 Å². The molecular formula is C16H11N7. The second-order valence-corrected chi connectivity index (χ2v) is 5.30. The van der Waals surface area contributed by atoms with Crippen LogP contribution in [0.1, 0.15) is 0 Å². The third kappa shape index (κ3) is 1.83. The van der Waals surface area contributed by atoms with Crippen molar-refractivity contribution in [1.29, 1.82) is 0 Å². The monoisotopic (exact) mass is 301 g/mol. The molecule has 0 unspecified atom stereocenters. The molecule has 3 N–H and O–H groups in total. The summed E-state index contributed by atoms with van der Waals surface area (Å²) >= 11 is 0. The normalized spacial score (nSPS) is 11.5. The van der Waals surface area contributed by atoms with Gasteiger partial charge in [0.2, 0.25) is 0 Å². The summed E-state index contributed by atoms with van der Waals surface area (Å²) in [7, 11) is 0. The van der Waals surface area contributed by atoms with Gasteiger partial charge < -0.3 is 4.98 Å². The van der Waals surface area contributed by atoms with Gasteiger partial charge in [-0.1, -0.05) is 0 Å². The van der Waals surface area contributed by atoms with Crippen LogP contribution in [0.5, 0.6) is 0 Å². The highest BCUT2D eigenvalue weighted by atomic mass is 15.1. The maximum absolute atomic E-state index is 4.73. The number of aromatic nitrogens is 7. The van der Waals surface area contributed by atoms with Crippen LogP contribution in [-0.4, -0.2) is 35.3 Å². The first-order valence-corrected chi connectivity index (χ1v) is 7.16. The molecule has 0 aromatic carbocycles. The Kier molecular flexibility index (Phi) is 2.37. The van der Waals surface area contributed by atoms with Crippen LogP contribution in [0, 0.1) is 0 Å². The maximum Gasteiger partial charge on any atom is 0.135 e. The first-order valence-electron chi connectivity index (χ1n) is 7.16. The van der Waals surface area contributed by atoms with Gasteiger partial charge in [-0.3, -0.25) is 15.2 Å². The van der Waals surface area contributed by atoms with Crippen molar-refractivity contribution in [2.24, 2.45) is 0 Å². The fourth-order valence-corrected chi connectivity index (χ4v) is 2.74. The smallest absolute Gasteiger partial charge is 0.135 e. The Balaban J connectivity index is 1.73. The van der Waals surface area contributed by atoms with E-state index in [1.54, 1.807) is 12.4 Å². The quantitative estimate of drug-likeness (QED) is 0.467. The van der Waals surface area contributed by atoms with E-state index in [9.17, 15) is 0 Å². The predicted octanol–water partition coefficient (Wildman–Crippen LogP) is 2.89. The molecule has 0 spiro atoms. The Morgan fingerprint density at radius 2 is 2.00 bits per heavy atom. The largest absolute Gasteiger partial charge is 0.353 e. The summed E-state index contributed by atoms with van der Waals surface area (Å²) in [6.07, 6.45) is 7.17. The first-order chi connectivity index (χ1) is 11.4. The fraction of sp³-hybridized carbons (Fsp3) is 0. The Morgan fingerprint density at radius 1 is 1.00 bits per heavy atom. The average molecular weight is 301 g/mol. The van der Waals surface area contributed by atoms with Gasteiger partial charge in [0.05, 0.1) is 23.1 Å². The number of hydrogen-bond donors (Lipinski definition) is 3. The van der Waals surface area contributed by atoms with Gasteiger partial charge in [-0.25, -0.2) is 4.98 Å². The van der Waals surface area contributed by atoms with Crippen LogP contribution in [0.4, 0.5) is 0 Å². The number of nitrogens with zero attached hydrogens (tertiary/aromatic N) is 4. The van der Waals surface area contributed by atoms with Gasteiger partial charge in [-0.15, -0.1) is 0 Å². The van der Waals surface area contributed by atoms with E-state index in [1.165, 1.54) is 0 Å². The minimum Gasteiger partial charge on any atom is -0.353 e. The highest BCUT2D eigenvalue weighted by molar-refractivity contribution is 5.94. The molecule has 0 aliphatic heterocycles. The number of nitrogens with one attached hydrogen (secondary N) is 3. The lowest BCUT2D eigenvalue weighted by Crippen LogP contribution is -1.84. The number of H-pyrrole nitrogens is 3. The van der Waals surface area contributed by atoms with E-state index >= 15 is 0 Å². The lowest BCUT2D eigenvalue weighted by molar-refractivity contribution is 1.09. The molecule has 0 aliphatic carbocycles. The molecule has 110 valence electrons. The summed E-state index contributed by atoms with van der Waals surface area (Å²) in [4.78, 5) is 12.2. The van der Waals surface area contributed by atoms with Crippen molar-refractivity contribution in [3.63, 3.8) is 0 Å². The third-order valence-corrected chi connectivity index (χ3v) is 3.88. The van der Waals surface area contributed by atoms with Gasteiger partial charge in [0.25, 0.3) is 0 Å². The third-order valence-electron chi connectivity index (χ3n) is 3.88. The average Bonchev–Trinajstić information content (AvgIpc) is 3.32. The molecule has 5 rings (SSSR count). The Labute approximate surface area is 129 Å². The van der Waals surface area contributed by atoms with Gasteiger partial charge in [0.15, 0.2) is 0 Å². The molecule has 0 bridgehead atoms. The molecule has 23 heavy (non-hydrogen) atoms. The summed E-state index contributed by atoms with van der Waals surface area (Å²) in [6, 6.07) is 7.90. The van der Waals surface area contributed by atoms with E-state index in [1.807, 2.05) is 36.7 Å². The predicted molar refractivity (Wildman–Crippen MR) is 86.6 cm³/mol. The molecule has 0 aliphatic rings. The molecule has 5 heterocycles. The van der Waals surface area contributed by atoms with Gasteiger partial charge in [0.1, 0.15) is 11.2 Å². The number of hydrogen-bond acceptors (Lipinski definition) is 4. The van der Waals surface area contributed by atoms with Crippen LogP contribution in [-0.2, 0) is 0 Å². The minimum absolute atomic E-state index is 0.793. The summed E-state index contributed by atoms with van der Waals surface area (Å²) in [5, 5.41) is 15.3. The van der Waals surface area contributed by atoms with Crippen molar-refractivity contribution in [3.05, 3.63) is 49.1 Å². The topological polar surface area (TPSA) is 98.9 Å². The summed E-state index contributed by atoms with van der Waals surface area (Å²) < 4.78 is 0. The van der Waals surface area contributed by atoms with E-state index in [0.717, 1.165) is 44.6 Å². The minimum atomic E-state index is 0.793. The zero-order chi connectivity index (χ0) is 15.2. The van der Waals surface area contributed by atoms with Crippen LogP contribution in [0.3, 0.4) is 0 Å². The standard InChI is InChI=1S/C16H11N7/c1-2-13-15(21-11(1)10-7-18-19-8-10)16(23-22-13)14-5-9-6-17-4-3-12(9)20-14/h1-8,20H,(H,18,19)(H,22,23). The number of fused-ring (bicyclic) bond motifs is 2.